The summed E-state index contributed by atoms with van der Waals surface area (Å²) >= 11 is 0. The molecule has 74 valence electrons. The van der Waals surface area contributed by atoms with Crippen molar-refractivity contribution in [3.63, 3.8) is 0 Å². The number of ether oxygens (including phenoxy) is 1. The number of carbonyl (C=O) groups excluding carboxylic acids is 1. The van der Waals surface area contributed by atoms with E-state index in [0.717, 1.165) is 31.3 Å². The molecule has 2 heteroatoms. The number of hydrogen-bond acceptors (Lipinski definition) is 2. The predicted octanol–water partition coefficient (Wildman–Crippen LogP) is 2.36. The van der Waals surface area contributed by atoms with E-state index in [1.54, 1.807) is 0 Å². The van der Waals surface area contributed by atoms with E-state index < -0.39 is 0 Å². The van der Waals surface area contributed by atoms with Crippen LogP contribution in [0.4, 0.5) is 0 Å². The number of esters is 1. The van der Waals surface area contributed by atoms with Crippen LogP contribution in [0.25, 0.3) is 0 Å². The summed E-state index contributed by atoms with van der Waals surface area (Å²) in [5, 5.41) is 0. The second kappa shape index (κ2) is 2.50. The molecule has 2 atom stereocenters. The summed E-state index contributed by atoms with van der Waals surface area (Å²) in [4.78, 5) is 11.6. The molecule has 0 bridgehead atoms. The predicted molar refractivity (Wildman–Crippen MR) is 52.6 cm³/mol. The Labute approximate surface area is 83.6 Å². The lowest BCUT2D eigenvalue weighted by atomic mass is 9.93. The van der Waals surface area contributed by atoms with E-state index in [-0.39, 0.29) is 11.6 Å². The highest BCUT2D eigenvalue weighted by Gasteiger charge is 2.63. The molecule has 0 aromatic heterocycles. The van der Waals surface area contributed by atoms with E-state index >= 15 is 0 Å². The lowest BCUT2D eigenvalue weighted by molar-refractivity contribution is -0.141. The quantitative estimate of drug-likeness (QED) is 0.593. The molecular formula is C12H14O2. The molecule has 0 radical (unpaired) electrons. The molecule has 2 aliphatic carbocycles. The van der Waals surface area contributed by atoms with E-state index in [9.17, 15) is 4.79 Å². The van der Waals surface area contributed by atoms with Crippen molar-refractivity contribution in [3.05, 3.63) is 23.3 Å². The average Bonchev–Trinajstić information content (AvgIpc) is 2.84. The van der Waals surface area contributed by atoms with Gasteiger partial charge in [-0.2, -0.15) is 0 Å². The van der Waals surface area contributed by atoms with Gasteiger partial charge in [0, 0.05) is 5.92 Å². The average molecular weight is 190 g/mol. The largest absolute Gasteiger partial charge is 0.451 e. The first kappa shape index (κ1) is 8.27. The van der Waals surface area contributed by atoms with Crippen LogP contribution >= 0.6 is 0 Å². The minimum absolute atomic E-state index is 0.0908. The number of allylic oxidation sites excluding steroid dienone is 1. The third-order valence-electron chi connectivity index (χ3n) is 3.72. The van der Waals surface area contributed by atoms with Crippen molar-refractivity contribution >= 4 is 5.97 Å². The van der Waals surface area contributed by atoms with Gasteiger partial charge in [0.15, 0.2) is 0 Å². The molecular weight excluding hydrogens is 176 g/mol. The Morgan fingerprint density at radius 1 is 1.64 bits per heavy atom. The summed E-state index contributed by atoms with van der Waals surface area (Å²) in [7, 11) is 0. The zero-order valence-corrected chi connectivity index (χ0v) is 8.38. The maximum Gasteiger partial charge on any atom is 0.339 e. The summed E-state index contributed by atoms with van der Waals surface area (Å²) in [5.41, 5.74) is 2.00. The Hall–Kier alpha value is -1.05. The molecule has 0 saturated heterocycles. The molecule has 2 nitrogen and oxygen atoms in total. The van der Waals surface area contributed by atoms with Gasteiger partial charge < -0.3 is 4.74 Å². The molecule has 1 spiro atoms. The molecule has 0 unspecified atom stereocenters. The second-order valence-corrected chi connectivity index (χ2v) is 4.42. The van der Waals surface area contributed by atoms with Crippen LogP contribution in [0.3, 0.4) is 0 Å². The number of rotatable bonds is 1. The van der Waals surface area contributed by atoms with Crippen molar-refractivity contribution in [2.24, 2.45) is 5.92 Å². The van der Waals surface area contributed by atoms with Crippen LogP contribution in [0.1, 0.15) is 32.6 Å². The minimum atomic E-state index is -0.147. The van der Waals surface area contributed by atoms with Crippen LogP contribution in [0.2, 0.25) is 0 Å². The Morgan fingerprint density at radius 2 is 2.50 bits per heavy atom. The second-order valence-electron chi connectivity index (χ2n) is 4.42. The summed E-state index contributed by atoms with van der Waals surface area (Å²) in [6.07, 6.45) is 8.28. The number of fused-ring (bicyclic) bond motifs is 1. The number of carbonyl (C=O) groups is 1. The first-order chi connectivity index (χ1) is 6.78. The molecule has 3 rings (SSSR count). The van der Waals surface area contributed by atoms with Crippen LogP contribution in [0, 0.1) is 5.92 Å². The van der Waals surface area contributed by atoms with Gasteiger partial charge in [0.2, 0.25) is 0 Å². The highest BCUT2D eigenvalue weighted by atomic mass is 16.6. The smallest absolute Gasteiger partial charge is 0.339 e. The van der Waals surface area contributed by atoms with E-state index in [1.165, 1.54) is 5.57 Å². The van der Waals surface area contributed by atoms with Gasteiger partial charge in [-0.1, -0.05) is 19.1 Å². The molecule has 0 aromatic rings. The molecule has 1 aliphatic heterocycles. The molecule has 0 N–H and O–H groups in total. The molecule has 0 amide bonds. The van der Waals surface area contributed by atoms with E-state index in [4.69, 9.17) is 4.74 Å². The normalized spacial score (nSPS) is 38.9. The fraction of sp³-hybridized carbons (Fsp3) is 0.583. The van der Waals surface area contributed by atoms with Crippen molar-refractivity contribution in [1.82, 2.24) is 0 Å². The van der Waals surface area contributed by atoms with Crippen LogP contribution in [-0.4, -0.2) is 11.6 Å². The van der Waals surface area contributed by atoms with Gasteiger partial charge in [-0.3, -0.25) is 0 Å². The lowest BCUT2D eigenvalue weighted by Crippen LogP contribution is -2.16. The zero-order chi connectivity index (χ0) is 9.76. The Kier molecular flexibility index (Phi) is 1.48. The first-order valence-corrected chi connectivity index (χ1v) is 5.41. The summed E-state index contributed by atoms with van der Waals surface area (Å²) < 4.78 is 5.55. The Bertz CT molecular complexity index is 365. The maximum absolute atomic E-state index is 11.6. The minimum Gasteiger partial charge on any atom is -0.451 e. The van der Waals surface area contributed by atoms with E-state index in [1.807, 2.05) is 6.08 Å². The van der Waals surface area contributed by atoms with Gasteiger partial charge in [-0.15, -0.1) is 0 Å². The number of hydrogen-bond donors (Lipinski definition) is 0. The van der Waals surface area contributed by atoms with Crippen LogP contribution in [-0.2, 0) is 9.53 Å². The van der Waals surface area contributed by atoms with E-state index in [2.05, 4.69) is 13.0 Å². The van der Waals surface area contributed by atoms with Gasteiger partial charge in [-0.25, -0.2) is 4.79 Å². The maximum atomic E-state index is 11.6. The molecule has 1 saturated carbocycles. The van der Waals surface area contributed by atoms with Gasteiger partial charge >= 0.3 is 5.97 Å². The van der Waals surface area contributed by atoms with Crippen molar-refractivity contribution in [2.45, 2.75) is 38.2 Å². The molecule has 3 aliphatic rings. The standard InChI is InChI=1S/C12H14O2/c1-2-8-7-12(8)10-6-4-3-5-9(10)11(13)14-12/h3,5,8H,2,4,6-7H2,1H3/t8-,12-/m0/s1. The summed E-state index contributed by atoms with van der Waals surface area (Å²) in [6.45, 7) is 2.17. The van der Waals surface area contributed by atoms with Crippen molar-refractivity contribution in [3.8, 4) is 0 Å². The van der Waals surface area contributed by atoms with Gasteiger partial charge in [0.05, 0.1) is 5.57 Å². The highest BCUT2D eigenvalue weighted by molar-refractivity contribution is 5.97. The van der Waals surface area contributed by atoms with Crippen LogP contribution in [0.15, 0.2) is 23.3 Å². The Balaban J connectivity index is 2.02. The van der Waals surface area contributed by atoms with Gasteiger partial charge in [0.1, 0.15) is 5.60 Å². The highest BCUT2D eigenvalue weighted by Crippen LogP contribution is 2.59. The van der Waals surface area contributed by atoms with Gasteiger partial charge in [-0.05, 0) is 31.3 Å². The fourth-order valence-electron chi connectivity index (χ4n) is 2.85. The van der Waals surface area contributed by atoms with Crippen molar-refractivity contribution < 1.29 is 9.53 Å². The van der Waals surface area contributed by atoms with Gasteiger partial charge in [0.25, 0.3) is 0 Å². The third-order valence-corrected chi connectivity index (χ3v) is 3.72. The fourth-order valence-corrected chi connectivity index (χ4v) is 2.85. The molecule has 1 fully saturated rings. The van der Waals surface area contributed by atoms with E-state index in [0.29, 0.717) is 5.92 Å². The molecule has 1 heterocycles. The SMILES string of the molecule is CC[C@H]1C[C@]12OC(=O)C1=C2CCC=C1. The first-order valence-electron chi connectivity index (χ1n) is 5.41. The summed E-state index contributed by atoms with van der Waals surface area (Å²) in [6, 6.07) is 0. The Morgan fingerprint density at radius 3 is 3.21 bits per heavy atom. The molecule has 14 heavy (non-hydrogen) atoms. The van der Waals surface area contributed by atoms with Crippen LogP contribution < -0.4 is 0 Å². The monoisotopic (exact) mass is 190 g/mol. The zero-order valence-electron chi connectivity index (χ0n) is 8.38. The van der Waals surface area contributed by atoms with Crippen molar-refractivity contribution in [2.75, 3.05) is 0 Å². The van der Waals surface area contributed by atoms with Crippen LogP contribution in [0.5, 0.6) is 0 Å². The summed E-state index contributed by atoms with van der Waals surface area (Å²) in [5.74, 6) is 0.498. The topological polar surface area (TPSA) is 26.3 Å². The lowest BCUT2D eigenvalue weighted by Gasteiger charge is -2.14. The molecule has 0 aromatic carbocycles. The third kappa shape index (κ3) is 0.839. The van der Waals surface area contributed by atoms with Crippen molar-refractivity contribution in [1.29, 1.82) is 0 Å².